The van der Waals surface area contributed by atoms with Gasteiger partial charge in [0.25, 0.3) is 0 Å². The second-order valence-electron chi connectivity index (χ2n) is 3.78. The molecule has 0 spiro atoms. The molecule has 0 aromatic heterocycles. The fraction of sp³-hybridized carbons (Fsp3) is 1.00. The van der Waals surface area contributed by atoms with Gasteiger partial charge in [0.1, 0.15) is 7.85 Å². The summed E-state index contributed by atoms with van der Waals surface area (Å²) >= 11 is 0. The Morgan fingerprint density at radius 1 is 1.75 bits per heavy atom. The molecule has 2 nitrogen and oxygen atoms in total. The zero-order valence-electron chi connectivity index (χ0n) is 7.45. The van der Waals surface area contributed by atoms with Gasteiger partial charge in [-0.2, -0.15) is 0 Å². The van der Waals surface area contributed by atoms with Crippen molar-refractivity contribution < 1.29 is 8.95 Å². The largest absolute Gasteiger partial charge is 0.379 e. The Morgan fingerprint density at radius 3 is 2.75 bits per heavy atom. The molecule has 0 amide bonds. The molecule has 2 rings (SSSR count). The van der Waals surface area contributed by atoms with Gasteiger partial charge in [-0.1, -0.05) is 13.8 Å². The van der Waals surface area contributed by atoms with Crippen LogP contribution in [0, 0.1) is 5.92 Å². The minimum Gasteiger partial charge on any atom is -0.379 e. The topological polar surface area (TPSA) is 26.3 Å². The minimum atomic E-state index is -0.760. The lowest BCUT2D eigenvalue weighted by Crippen LogP contribution is -2.38. The van der Waals surface area contributed by atoms with Gasteiger partial charge in [-0.15, -0.1) is 0 Å². The summed E-state index contributed by atoms with van der Waals surface area (Å²) in [6.45, 7) is 4.18. The van der Waals surface area contributed by atoms with Crippen LogP contribution in [0.4, 0.5) is 0 Å². The maximum absolute atomic E-state index is 11.6. The number of fused-ring (bicyclic) bond motifs is 2. The molecule has 2 aliphatic rings. The van der Waals surface area contributed by atoms with Gasteiger partial charge in [0, 0.05) is 22.7 Å². The average molecular weight is 184 g/mol. The quantitative estimate of drug-likeness (QED) is 0.552. The highest BCUT2D eigenvalue weighted by Crippen LogP contribution is 2.47. The fourth-order valence-electron chi connectivity index (χ4n) is 2.42. The monoisotopic (exact) mass is 184 g/mol. The first-order chi connectivity index (χ1) is 5.60. The van der Waals surface area contributed by atoms with Crippen LogP contribution in [-0.2, 0) is 15.5 Å². The molecule has 0 aromatic carbocycles. The highest BCUT2D eigenvalue weighted by Gasteiger charge is 2.58. The van der Waals surface area contributed by atoms with Crippen LogP contribution in [0.5, 0.6) is 0 Å². The number of hydrogen-bond donors (Lipinski definition) is 0. The first-order valence-corrected chi connectivity index (χ1v) is 5.79. The van der Waals surface area contributed by atoms with Crippen LogP contribution < -0.4 is 0 Å². The molecule has 4 heteroatoms. The third-order valence-corrected chi connectivity index (χ3v) is 5.36. The van der Waals surface area contributed by atoms with Gasteiger partial charge in [-0.25, -0.2) is 0 Å². The lowest BCUT2D eigenvalue weighted by molar-refractivity contribution is -0.0162. The van der Waals surface area contributed by atoms with Crippen molar-refractivity contribution in [2.45, 2.75) is 37.1 Å². The third-order valence-electron chi connectivity index (χ3n) is 3.31. The summed E-state index contributed by atoms with van der Waals surface area (Å²) in [5.41, 5.74) is -0.172. The zero-order chi connectivity index (χ0) is 8.93. The summed E-state index contributed by atoms with van der Waals surface area (Å²) in [6, 6.07) is -0.297. The molecule has 5 atom stereocenters. The van der Waals surface area contributed by atoms with Gasteiger partial charge >= 0.3 is 0 Å². The molecule has 2 heterocycles. The normalized spacial score (nSPS) is 57.8. The molecule has 66 valence electrons. The molecule has 0 N–H and O–H groups in total. The standard InChI is InChI=1S/C8H13BO2S/c1-3-8-4-12(10)6(5(8)2)7(9)11-8/h5-7H,3-4H2,1-2H3/t5?,6-,7+,8-,12?/m0/s1. The highest BCUT2D eigenvalue weighted by atomic mass is 32.2. The summed E-state index contributed by atoms with van der Waals surface area (Å²) < 4.78 is 17.2. The van der Waals surface area contributed by atoms with E-state index >= 15 is 0 Å². The smallest absolute Gasteiger partial charge is 0.110 e. The van der Waals surface area contributed by atoms with Gasteiger partial charge in [-0.3, -0.25) is 4.21 Å². The molecule has 2 bridgehead atoms. The van der Waals surface area contributed by atoms with Crippen molar-refractivity contribution in [2.24, 2.45) is 5.92 Å². The molecule has 2 aliphatic heterocycles. The van der Waals surface area contributed by atoms with Crippen LogP contribution in [0.2, 0.25) is 0 Å². The second-order valence-corrected chi connectivity index (χ2v) is 5.37. The summed E-state index contributed by atoms with van der Waals surface area (Å²) in [4.78, 5) is 0. The molecular weight excluding hydrogens is 171 g/mol. The molecule has 2 radical (unpaired) electrons. The van der Waals surface area contributed by atoms with E-state index < -0.39 is 10.8 Å². The van der Waals surface area contributed by atoms with Crippen molar-refractivity contribution >= 4 is 18.6 Å². The van der Waals surface area contributed by atoms with Crippen LogP contribution in [0.15, 0.2) is 0 Å². The predicted molar refractivity (Wildman–Crippen MR) is 49.6 cm³/mol. The van der Waals surface area contributed by atoms with Gasteiger partial charge in [0.15, 0.2) is 0 Å². The molecule has 0 aromatic rings. The van der Waals surface area contributed by atoms with Crippen molar-refractivity contribution in [1.82, 2.24) is 0 Å². The first kappa shape index (κ1) is 8.76. The van der Waals surface area contributed by atoms with E-state index in [4.69, 9.17) is 12.6 Å². The average Bonchev–Trinajstić information content (AvgIpc) is 2.37. The van der Waals surface area contributed by atoms with E-state index in [9.17, 15) is 4.21 Å². The summed E-state index contributed by atoms with van der Waals surface area (Å²) in [5.74, 6) is 1.04. The molecule has 2 fully saturated rings. The van der Waals surface area contributed by atoms with Crippen LogP contribution in [0.25, 0.3) is 0 Å². The summed E-state index contributed by atoms with van der Waals surface area (Å²) in [5, 5.41) is 0.0740. The summed E-state index contributed by atoms with van der Waals surface area (Å²) in [6.07, 6.45) is 0.921. The Labute approximate surface area is 76.9 Å². The SMILES string of the molecule is [B][C@@H]1O[C@@]2(CC)CS(=O)[C@H]1C2C. The van der Waals surface area contributed by atoms with E-state index in [0.29, 0.717) is 11.7 Å². The molecule has 12 heavy (non-hydrogen) atoms. The van der Waals surface area contributed by atoms with Crippen molar-refractivity contribution in [3.05, 3.63) is 0 Å². The lowest BCUT2D eigenvalue weighted by Gasteiger charge is -2.29. The lowest BCUT2D eigenvalue weighted by atomic mass is 9.85. The van der Waals surface area contributed by atoms with Crippen molar-refractivity contribution in [1.29, 1.82) is 0 Å². The van der Waals surface area contributed by atoms with Gasteiger partial charge in [0.05, 0.1) is 16.6 Å². The van der Waals surface area contributed by atoms with Crippen LogP contribution >= 0.6 is 0 Å². The first-order valence-electron chi connectivity index (χ1n) is 4.41. The van der Waals surface area contributed by atoms with Gasteiger partial charge in [0.2, 0.25) is 0 Å². The maximum Gasteiger partial charge on any atom is 0.110 e. The number of hydrogen-bond acceptors (Lipinski definition) is 2. The molecule has 0 saturated carbocycles. The Kier molecular flexibility index (Phi) is 1.88. The summed E-state index contributed by atoms with van der Waals surface area (Å²) in [7, 11) is 4.99. The maximum atomic E-state index is 11.6. The molecule has 2 saturated heterocycles. The van der Waals surface area contributed by atoms with E-state index in [1.807, 2.05) is 0 Å². The van der Waals surface area contributed by atoms with Crippen LogP contribution in [0.1, 0.15) is 20.3 Å². The van der Waals surface area contributed by atoms with E-state index in [0.717, 1.165) is 6.42 Å². The molecular formula is C8H13BO2S. The van der Waals surface area contributed by atoms with Crippen molar-refractivity contribution in [3.8, 4) is 0 Å². The van der Waals surface area contributed by atoms with E-state index in [2.05, 4.69) is 13.8 Å². The Bertz CT molecular complexity index is 233. The molecule has 2 unspecified atom stereocenters. The van der Waals surface area contributed by atoms with Crippen molar-refractivity contribution in [3.63, 3.8) is 0 Å². The highest BCUT2D eigenvalue weighted by molar-refractivity contribution is 7.86. The van der Waals surface area contributed by atoms with Gasteiger partial charge in [-0.05, 0) is 6.42 Å². The van der Waals surface area contributed by atoms with E-state index in [1.165, 1.54) is 0 Å². The third kappa shape index (κ3) is 0.881. The zero-order valence-corrected chi connectivity index (χ0v) is 8.26. The number of ether oxygens (including phenoxy) is 1. The second kappa shape index (κ2) is 2.58. The Morgan fingerprint density at radius 2 is 2.42 bits per heavy atom. The van der Waals surface area contributed by atoms with Gasteiger partial charge < -0.3 is 4.74 Å². The fourth-order valence-corrected chi connectivity index (χ4v) is 4.68. The predicted octanol–water partition coefficient (Wildman–Crippen LogP) is 0.427. The van der Waals surface area contributed by atoms with Crippen molar-refractivity contribution in [2.75, 3.05) is 5.75 Å². The number of rotatable bonds is 1. The van der Waals surface area contributed by atoms with Crippen LogP contribution in [-0.4, -0.2) is 34.7 Å². The van der Waals surface area contributed by atoms with E-state index in [1.54, 1.807) is 0 Å². The van der Waals surface area contributed by atoms with Crippen LogP contribution in [0.3, 0.4) is 0 Å². The Balaban J connectivity index is 2.34. The van der Waals surface area contributed by atoms with E-state index in [-0.39, 0.29) is 16.9 Å². The molecule has 0 aliphatic carbocycles. The Hall–Kier alpha value is 0.175. The minimum absolute atomic E-state index is 0.0740.